The van der Waals surface area contributed by atoms with Crippen molar-refractivity contribution in [3.05, 3.63) is 62.6 Å². The van der Waals surface area contributed by atoms with Crippen molar-refractivity contribution in [1.82, 2.24) is 10.2 Å². The van der Waals surface area contributed by atoms with Gasteiger partial charge in [-0.15, -0.1) is 0 Å². The first-order valence-electron chi connectivity index (χ1n) is 8.36. The van der Waals surface area contributed by atoms with Crippen LogP contribution >= 0.6 is 23.2 Å². The van der Waals surface area contributed by atoms with Gasteiger partial charge in [0.1, 0.15) is 12.3 Å². The highest BCUT2D eigenvalue weighted by atomic mass is 35.5. The summed E-state index contributed by atoms with van der Waals surface area (Å²) in [7, 11) is 0. The Morgan fingerprint density at radius 3 is 2.61 bits per heavy atom. The molecule has 28 heavy (non-hydrogen) atoms. The fourth-order valence-corrected chi connectivity index (χ4v) is 3.86. The van der Waals surface area contributed by atoms with Gasteiger partial charge in [0, 0.05) is 18.7 Å². The number of carboxylic acids is 1. The zero-order valence-electron chi connectivity index (χ0n) is 14.5. The number of phenols is 1. The lowest BCUT2D eigenvalue weighted by atomic mass is 9.96. The van der Waals surface area contributed by atoms with Gasteiger partial charge in [-0.25, -0.2) is 0 Å². The van der Waals surface area contributed by atoms with Gasteiger partial charge in [-0.1, -0.05) is 29.3 Å². The number of fused-ring (bicyclic) bond motifs is 1. The molecule has 7 nitrogen and oxygen atoms in total. The van der Waals surface area contributed by atoms with E-state index < -0.39 is 18.4 Å². The van der Waals surface area contributed by atoms with Crippen LogP contribution in [0.2, 0.25) is 10.0 Å². The number of phenolic OH excluding ortho intramolecular Hbond substituents is 1. The summed E-state index contributed by atoms with van der Waals surface area (Å²) in [6, 6.07) is 7.66. The first kappa shape index (κ1) is 20.0. The molecular weight excluding hydrogens is 407 g/mol. The van der Waals surface area contributed by atoms with E-state index in [4.69, 9.17) is 28.3 Å². The third-order valence-electron chi connectivity index (χ3n) is 4.41. The third-order valence-corrected chi connectivity index (χ3v) is 5.13. The Hall–Kier alpha value is -2.77. The molecule has 0 atom stereocenters. The Balaban J connectivity index is 1.85. The van der Waals surface area contributed by atoms with Crippen LogP contribution in [0.5, 0.6) is 5.75 Å². The maximum absolute atomic E-state index is 12.7. The monoisotopic (exact) mass is 422 g/mol. The van der Waals surface area contributed by atoms with Gasteiger partial charge >= 0.3 is 5.97 Å². The van der Waals surface area contributed by atoms with E-state index in [1.807, 2.05) is 0 Å². The number of carboxylic acid groups (broad SMARTS) is 1. The van der Waals surface area contributed by atoms with Crippen molar-refractivity contribution in [3.63, 3.8) is 0 Å². The number of carbonyl (C=O) groups is 3. The van der Waals surface area contributed by atoms with E-state index in [-0.39, 0.29) is 33.8 Å². The lowest BCUT2D eigenvalue weighted by Crippen LogP contribution is -2.36. The largest absolute Gasteiger partial charge is 0.508 e. The summed E-state index contributed by atoms with van der Waals surface area (Å²) < 4.78 is 0. The number of rotatable bonds is 4. The van der Waals surface area contributed by atoms with Crippen LogP contribution in [-0.4, -0.2) is 46.0 Å². The number of aliphatic carboxylic acids is 1. The normalized spacial score (nSPS) is 13.0. The average molecular weight is 423 g/mol. The molecule has 0 saturated heterocycles. The number of nitrogens with zero attached hydrogens (tertiary/aromatic N) is 1. The molecule has 0 bridgehead atoms. The van der Waals surface area contributed by atoms with Crippen LogP contribution in [0, 0.1) is 0 Å². The molecule has 0 unspecified atom stereocenters. The van der Waals surface area contributed by atoms with Gasteiger partial charge < -0.3 is 20.4 Å². The van der Waals surface area contributed by atoms with E-state index in [0.717, 1.165) is 0 Å². The number of aromatic hydroxyl groups is 1. The van der Waals surface area contributed by atoms with E-state index in [1.165, 1.54) is 12.1 Å². The molecule has 1 aliphatic heterocycles. The van der Waals surface area contributed by atoms with Crippen molar-refractivity contribution in [1.29, 1.82) is 0 Å². The fraction of sp³-hybridized carbons (Fsp3) is 0.211. The van der Waals surface area contributed by atoms with Crippen LogP contribution in [0.3, 0.4) is 0 Å². The molecule has 1 aliphatic rings. The minimum Gasteiger partial charge on any atom is -0.508 e. The second kappa shape index (κ2) is 8.08. The van der Waals surface area contributed by atoms with Gasteiger partial charge in [-0.3, -0.25) is 14.4 Å². The molecule has 2 aromatic rings. The lowest BCUT2D eigenvalue weighted by molar-refractivity contribution is -0.135. The van der Waals surface area contributed by atoms with E-state index >= 15 is 0 Å². The Morgan fingerprint density at radius 2 is 1.93 bits per heavy atom. The highest BCUT2D eigenvalue weighted by Crippen LogP contribution is 2.35. The topological polar surface area (TPSA) is 107 Å². The summed E-state index contributed by atoms with van der Waals surface area (Å²) in [5.74, 6) is -2.08. The van der Waals surface area contributed by atoms with Crippen LogP contribution in [-0.2, 0) is 17.8 Å². The van der Waals surface area contributed by atoms with Crippen molar-refractivity contribution in [3.8, 4) is 5.75 Å². The Morgan fingerprint density at radius 1 is 1.18 bits per heavy atom. The lowest BCUT2D eigenvalue weighted by Gasteiger charge is -2.30. The summed E-state index contributed by atoms with van der Waals surface area (Å²) >= 11 is 12.6. The quantitative estimate of drug-likeness (QED) is 0.701. The second-order valence-corrected chi connectivity index (χ2v) is 7.07. The molecular formula is C19H16Cl2N2O5. The molecule has 0 radical (unpaired) electrons. The number of halogens is 2. The smallest absolute Gasteiger partial charge is 0.322 e. The van der Waals surface area contributed by atoms with Crippen LogP contribution in [0.15, 0.2) is 30.3 Å². The van der Waals surface area contributed by atoms with Gasteiger partial charge in [-0.2, -0.15) is 0 Å². The SMILES string of the molecule is O=C(O)CNC(=O)c1c(Cl)cc2c(c1Cl)CCN(C(=O)c1cccc(O)c1)C2. The van der Waals surface area contributed by atoms with Crippen molar-refractivity contribution < 1.29 is 24.6 Å². The van der Waals surface area contributed by atoms with E-state index in [2.05, 4.69) is 5.32 Å². The molecule has 2 amide bonds. The molecule has 0 aliphatic carbocycles. The first-order chi connectivity index (χ1) is 13.3. The molecule has 2 aromatic carbocycles. The minimum absolute atomic E-state index is 0.00589. The molecule has 146 valence electrons. The summed E-state index contributed by atoms with van der Waals surface area (Å²) in [5, 5.41) is 20.8. The summed E-state index contributed by atoms with van der Waals surface area (Å²) in [4.78, 5) is 37.2. The standard InChI is InChI=1S/C19H16Cl2N2O5/c20-14-7-11-9-23(19(28)10-2-1-3-12(24)6-10)5-4-13(11)17(21)16(14)18(27)22-8-15(25)26/h1-3,6-7,24H,4-5,8-9H2,(H,22,27)(H,25,26). The molecule has 0 aromatic heterocycles. The maximum atomic E-state index is 12.7. The molecule has 1 heterocycles. The molecule has 0 fully saturated rings. The third kappa shape index (κ3) is 4.05. The first-order valence-corrected chi connectivity index (χ1v) is 9.11. The number of nitrogens with one attached hydrogen (secondary N) is 1. The van der Waals surface area contributed by atoms with Crippen molar-refractivity contribution in [2.45, 2.75) is 13.0 Å². The number of amides is 2. The van der Waals surface area contributed by atoms with Crippen LogP contribution in [0.25, 0.3) is 0 Å². The van der Waals surface area contributed by atoms with Crippen LogP contribution in [0.1, 0.15) is 31.8 Å². The van der Waals surface area contributed by atoms with Crippen LogP contribution < -0.4 is 5.32 Å². The van der Waals surface area contributed by atoms with E-state index in [1.54, 1.807) is 23.1 Å². The predicted octanol–water partition coefficient (Wildman–Crippen LogP) is 2.71. The zero-order chi connectivity index (χ0) is 20.4. The van der Waals surface area contributed by atoms with Gasteiger partial charge in [0.2, 0.25) is 0 Å². The van der Waals surface area contributed by atoms with E-state index in [9.17, 15) is 19.5 Å². The van der Waals surface area contributed by atoms with Crippen molar-refractivity contribution >= 4 is 41.0 Å². The van der Waals surface area contributed by atoms with Crippen molar-refractivity contribution in [2.75, 3.05) is 13.1 Å². The average Bonchev–Trinajstić information content (AvgIpc) is 2.65. The molecule has 3 rings (SSSR count). The highest BCUT2D eigenvalue weighted by molar-refractivity contribution is 6.40. The number of benzene rings is 2. The Kier molecular flexibility index (Phi) is 5.76. The molecule has 0 spiro atoms. The fourth-order valence-electron chi connectivity index (χ4n) is 3.10. The highest BCUT2D eigenvalue weighted by Gasteiger charge is 2.27. The second-order valence-electron chi connectivity index (χ2n) is 6.29. The summed E-state index contributed by atoms with van der Waals surface area (Å²) in [6.07, 6.45) is 0.412. The number of hydrogen-bond acceptors (Lipinski definition) is 4. The summed E-state index contributed by atoms with van der Waals surface area (Å²) in [5.41, 5.74) is 1.80. The maximum Gasteiger partial charge on any atom is 0.322 e. The van der Waals surface area contributed by atoms with Gasteiger partial charge in [0.25, 0.3) is 11.8 Å². The van der Waals surface area contributed by atoms with Crippen molar-refractivity contribution in [2.24, 2.45) is 0 Å². The van der Waals surface area contributed by atoms with Gasteiger partial charge in [-0.05, 0) is 41.8 Å². The van der Waals surface area contributed by atoms with Gasteiger partial charge in [0.05, 0.1) is 15.6 Å². The Bertz CT molecular complexity index is 977. The van der Waals surface area contributed by atoms with E-state index in [0.29, 0.717) is 29.7 Å². The molecule has 0 saturated carbocycles. The van der Waals surface area contributed by atoms with Crippen LogP contribution in [0.4, 0.5) is 0 Å². The minimum atomic E-state index is -1.18. The number of hydrogen-bond donors (Lipinski definition) is 3. The Labute approximate surface area is 170 Å². The van der Waals surface area contributed by atoms with Gasteiger partial charge in [0.15, 0.2) is 0 Å². The molecule has 3 N–H and O–H groups in total. The number of carbonyl (C=O) groups excluding carboxylic acids is 2. The zero-order valence-corrected chi connectivity index (χ0v) is 16.0. The summed E-state index contributed by atoms with van der Waals surface area (Å²) in [6.45, 7) is 0.0775. The molecule has 9 heteroatoms. The predicted molar refractivity (Wildman–Crippen MR) is 103 cm³/mol.